The third kappa shape index (κ3) is 5.64. The number of anilines is 3. The number of sulfonamides is 1. The van der Waals surface area contributed by atoms with E-state index in [2.05, 4.69) is 10.0 Å². The van der Waals surface area contributed by atoms with Gasteiger partial charge in [0, 0.05) is 17.8 Å². The van der Waals surface area contributed by atoms with E-state index in [1.807, 2.05) is 6.92 Å². The Balaban J connectivity index is 1.66. The third-order valence-electron chi connectivity index (χ3n) is 4.50. The fraction of sp³-hybridized carbons (Fsp3) is 0.0870. The Bertz CT molecular complexity index is 1220. The van der Waals surface area contributed by atoms with Crippen molar-refractivity contribution in [3.8, 4) is 5.75 Å². The Hall–Kier alpha value is -3.78. The molecule has 0 atom stereocenters. The minimum atomic E-state index is -3.76. The number of carbonyl (C=O) groups excluding carboxylic acids is 1. The SMILES string of the molecule is COc1cc(S(=O)(=O)Nc2ccc(/C=C/C(=O)Nc3ccccc3N)cc2)ccc1C. The number of benzene rings is 3. The molecule has 0 heterocycles. The first-order valence-electron chi connectivity index (χ1n) is 9.39. The molecular formula is C23H23N3O4S. The largest absolute Gasteiger partial charge is 0.496 e. The number of amides is 1. The van der Waals surface area contributed by atoms with Crippen LogP contribution in [0.4, 0.5) is 17.1 Å². The first-order valence-corrected chi connectivity index (χ1v) is 10.9. The number of methoxy groups -OCH3 is 1. The summed E-state index contributed by atoms with van der Waals surface area (Å²) in [6.07, 6.45) is 3.00. The van der Waals surface area contributed by atoms with Gasteiger partial charge in [0.05, 0.1) is 23.4 Å². The van der Waals surface area contributed by atoms with Crippen LogP contribution in [-0.4, -0.2) is 21.4 Å². The highest BCUT2D eigenvalue weighted by Crippen LogP contribution is 2.24. The molecule has 31 heavy (non-hydrogen) atoms. The predicted octanol–water partition coefficient (Wildman–Crippen LogP) is 4.04. The fourth-order valence-corrected chi connectivity index (χ4v) is 3.87. The van der Waals surface area contributed by atoms with Crippen molar-refractivity contribution in [1.82, 2.24) is 0 Å². The van der Waals surface area contributed by atoms with Gasteiger partial charge in [-0.25, -0.2) is 8.42 Å². The number of carbonyl (C=O) groups is 1. The molecule has 0 spiro atoms. The molecule has 0 aliphatic rings. The van der Waals surface area contributed by atoms with Gasteiger partial charge in [0.1, 0.15) is 5.75 Å². The molecule has 1 amide bonds. The molecule has 0 aliphatic carbocycles. The minimum Gasteiger partial charge on any atom is -0.496 e. The molecule has 160 valence electrons. The van der Waals surface area contributed by atoms with Crippen LogP contribution < -0.4 is 20.5 Å². The lowest BCUT2D eigenvalue weighted by Crippen LogP contribution is -2.13. The highest BCUT2D eigenvalue weighted by molar-refractivity contribution is 7.92. The van der Waals surface area contributed by atoms with Gasteiger partial charge in [-0.1, -0.05) is 30.3 Å². The average Bonchev–Trinajstić information content (AvgIpc) is 2.75. The first kappa shape index (κ1) is 21.9. The lowest BCUT2D eigenvalue weighted by molar-refractivity contribution is -0.111. The molecule has 0 radical (unpaired) electrons. The molecule has 3 aromatic carbocycles. The maximum absolute atomic E-state index is 12.6. The summed E-state index contributed by atoms with van der Waals surface area (Å²) in [4.78, 5) is 12.2. The van der Waals surface area contributed by atoms with E-state index in [4.69, 9.17) is 10.5 Å². The molecule has 3 rings (SSSR count). The van der Waals surface area contributed by atoms with Gasteiger partial charge in [-0.05, 0) is 54.5 Å². The van der Waals surface area contributed by atoms with Gasteiger partial charge in [-0.2, -0.15) is 0 Å². The van der Waals surface area contributed by atoms with Crippen LogP contribution in [0, 0.1) is 6.92 Å². The van der Waals surface area contributed by atoms with Crippen molar-refractivity contribution >= 4 is 39.1 Å². The normalized spacial score (nSPS) is 11.3. The van der Waals surface area contributed by atoms with Gasteiger partial charge in [0.2, 0.25) is 5.91 Å². The molecule has 7 nitrogen and oxygen atoms in total. The van der Waals surface area contributed by atoms with E-state index in [1.165, 1.54) is 25.3 Å². The Morgan fingerprint density at radius 1 is 1.03 bits per heavy atom. The Morgan fingerprint density at radius 3 is 2.42 bits per heavy atom. The van der Waals surface area contributed by atoms with Crippen LogP contribution in [-0.2, 0) is 14.8 Å². The van der Waals surface area contributed by atoms with Crippen molar-refractivity contribution in [3.05, 3.63) is 83.9 Å². The summed E-state index contributed by atoms with van der Waals surface area (Å²) in [5, 5.41) is 2.70. The quantitative estimate of drug-likeness (QED) is 0.382. The van der Waals surface area contributed by atoms with Crippen LogP contribution in [0.15, 0.2) is 77.7 Å². The fourth-order valence-electron chi connectivity index (χ4n) is 2.80. The molecule has 8 heteroatoms. The van der Waals surface area contributed by atoms with Crippen molar-refractivity contribution in [2.45, 2.75) is 11.8 Å². The van der Waals surface area contributed by atoms with E-state index in [9.17, 15) is 13.2 Å². The molecule has 0 saturated carbocycles. The van der Waals surface area contributed by atoms with Gasteiger partial charge >= 0.3 is 0 Å². The smallest absolute Gasteiger partial charge is 0.262 e. The summed E-state index contributed by atoms with van der Waals surface area (Å²) < 4.78 is 33.0. The number of aryl methyl sites for hydroxylation is 1. The summed E-state index contributed by atoms with van der Waals surface area (Å²) in [5.41, 5.74) is 8.80. The molecule has 0 aliphatic heterocycles. The molecule has 4 N–H and O–H groups in total. The molecule has 0 bridgehead atoms. The number of hydrogen-bond acceptors (Lipinski definition) is 5. The van der Waals surface area contributed by atoms with Crippen molar-refractivity contribution in [2.75, 3.05) is 22.9 Å². The second-order valence-corrected chi connectivity index (χ2v) is 8.45. The maximum atomic E-state index is 12.6. The molecule has 0 saturated heterocycles. The highest BCUT2D eigenvalue weighted by atomic mass is 32.2. The number of nitrogens with two attached hydrogens (primary N) is 1. The van der Waals surface area contributed by atoms with E-state index in [0.29, 0.717) is 22.8 Å². The van der Waals surface area contributed by atoms with Gasteiger partial charge < -0.3 is 15.8 Å². The number of nitrogen functional groups attached to an aromatic ring is 1. The zero-order valence-electron chi connectivity index (χ0n) is 17.1. The summed E-state index contributed by atoms with van der Waals surface area (Å²) in [6, 6.07) is 18.3. The van der Waals surface area contributed by atoms with Crippen molar-refractivity contribution in [2.24, 2.45) is 0 Å². The number of ether oxygens (including phenoxy) is 1. The molecule has 0 fully saturated rings. The average molecular weight is 438 g/mol. The van der Waals surface area contributed by atoms with E-state index >= 15 is 0 Å². The maximum Gasteiger partial charge on any atom is 0.262 e. The molecule has 0 aromatic heterocycles. The van der Waals surface area contributed by atoms with Crippen LogP contribution in [0.5, 0.6) is 5.75 Å². The summed E-state index contributed by atoms with van der Waals surface area (Å²) in [7, 11) is -2.27. The number of nitrogens with one attached hydrogen (secondary N) is 2. The number of hydrogen-bond donors (Lipinski definition) is 3. The van der Waals surface area contributed by atoms with Crippen molar-refractivity contribution in [1.29, 1.82) is 0 Å². The van der Waals surface area contributed by atoms with Crippen molar-refractivity contribution < 1.29 is 17.9 Å². The van der Waals surface area contributed by atoms with Gasteiger partial charge in [-0.15, -0.1) is 0 Å². The van der Waals surface area contributed by atoms with E-state index in [-0.39, 0.29) is 10.8 Å². The van der Waals surface area contributed by atoms with Gasteiger partial charge in [-0.3, -0.25) is 9.52 Å². The lowest BCUT2D eigenvalue weighted by Gasteiger charge is -2.11. The topological polar surface area (TPSA) is 111 Å². The summed E-state index contributed by atoms with van der Waals surface area (Å²) in [5.74, 6) is 0.176. The molecule has 0 unspecified atom stereocenters. The van der Waals surface area contributed by atoms with Crippen LogP contribution in [0.1, 0.15) is 11.1 Å². The Morgan fingerprint density at radius 2 is 1.74 bits per heavy atom. The monoisotopic (exact) mass is 437 g/mol. The second kappa shape index (κ2) is 9.36. The lowest BCUT2D eigenvalue weighted by atomic mass is 10.2. The first-order chi connectivity index (χ1) is 14.8. The summed E-state index contributed by atoms with van der Waals surface area (Å²) in [6.45, 7) is 1.84. The standard InChI is InChI=1S/C23H23N3O4S/c1-16-7-13-19(15-22(16)30-2)31(28,29)26-18-11-8-17(9-12-18)10-14-23(27)25-21-6-4-3-5-20(21)24/h3-15,26H,24H2,1-2H3,(H,25,27)/b14-10+. The molecule has 3 aromatic rings. The van der Waals surface area contributed by atoms with Crippen LogP contribution in [0.2, 0.25) is 0 Å². The number of para-hydroxylation sites is 2. The molecular weight excluding hydrogens is 414 g/mol. The third-order valence-corrected chi connectivity index (χ3v) is 5.88. The van der Waals surface area contributed by atoms with Crippen LogP contribution >= 0.6 is 0 Å². The van der Waals surface area contributed by atoms with E-state index in [0.717, 1.165) is 11.1 Å². The minimum absolute atomic E-state index is 0.107. The predicted molar refractivity (Wildman–Crippen MR) is 123 cm³/mol. The van der Waals surface area contributed by atoms with E-state index in [1.54, 1.807) is 60.7 Å². The highest BCUT2D eigenvalue weighted by Gasteiger charge is 2.16. The van der Waals surface area contributed by atoms with Gasteiger partial charge in [0.15, 0.2) is 0 Å². The zero-order valence-corrected chi connectivity index (χ0v) is 17.9. The summed E-state index contributed by atoms with van der Waals surface area (Å²) >= 11 is 0. The van der Waals surface area contributed by atoms with E-state index < -0.39 is 10.0 Å². The van der Waals surface area contributed by atoms with Crippen LogP contribution in [0.25, 0.3) is 6.08 Å². The van der Waals surface area contributed by atoms with Crippen molar-refractivity contribution in [3.63, 3.8) is 0 Å². The second-order valence-electron chi connectivity index (χ2n) is 6.77. The Kier molecular flexibility index (Phi) is 6.61. The Labute approximate surface area is 181 Å². The number of rotatable bonds is 7. The van der Waals surface area contributed by atoms with Crippen LogP contribution in [0.3, 0.4) is 0 Å². The zero-order chi connectivity index (χ0) is 22.4. The van der Waals surface area contributed by atoms with Gasteiger partial charge in [0.25, 0.3) is 10.0 Å².